The van der Waals surface area contributed by atoms with Crippen LogP contribution in [-0.2, 0) is 0 Å². The fourth-order valence-corrected chi connectivity index (χ4v) is 5.15. The maximum absolute atomic E-state index is 13.0. The predicted octanol–water partition coefficient (Wildman–Crippen LogP) is 6.32. The number of halogens is 2. The minimum Gasteiger partial charge on any atom is -0.457 e. The maximum Gasteiger partial charge on any atom is 0.322 e. The Kier molecular flexibility index (Phi) is 5.96. The van der Waals surface area contributed by atoms with E-state index in [-0.39, 0.29) is 23.9 Å². The first-order chi connectivity index (χ1) is 16.0. The third-order valence-corrected chi connectivity index (χ3v) is 6.90. The normalized spacial score (nSPS) is 20.6. The molecule has 33 heavy (non-hydrogen) atoms. The van der Waals surface area contributed by atoms with Crippen LogP contribution in [0.5, 0.6) is 11.5 Å². The first-order valence-corrected chi connectivity index (χ1v) is 11.5. The fourth-order valence-electron chi connectivity index (χ4n) is 4.85. The monoisotopic (exact) mass is 465 g/mol. The minimum atomic E-state index is -0.308. The zero-order valence-corrected chi connectivity index (χ0v) is 19.0. The molecule has 3 unspecified atom stereocenters. The topological polar surface area (TPSA) is 44.8 Å². The van der Waals surface area contributed by atoms with E-state index in [9.17, 15) is 9.18 Å². The van der Waals surface area contributed by atoms with Crippen LogP contribution in [-0.4, -0.2) is 41.0 Å². The number of piperazine rings is 1. The molecule has 3 aromatic carbocycles. The van der Waals surface area contributed by atoms with Crippen molar-refractivity contribution in [2.75, 3.05) is 18.4 Å². The second kappa shape index (κ2) is 9.04. The van der Waals surface area contributed by atoms with Gasteiger partial charge in [-0.2, -0.15) is 0 Å². The molecule has 1 N–H and O–H groups in total. The van der Waals surface area contributed by atoms with Gasteiger partial charge in [0.2, 0.25) is 0 Å². The molecular weight excluding hydrogens is 441 g/mol. The highest BCUT2D eigenvalue weighted by Gasteiger charge is 2.47. The van der Waals surface area contributed by atoms with E-state index in [0.717, 1.165) is 23.6 Å². The number of anilines is 1. The van der Waals surface area contributed by atoms with Gasteiger partial charge in [0.15, 0.2) is 0 Å². The van der Waals surface area contributed by atoms with Crippen LogP contribution < -0.4 is 10.1 Å². The molecule has 3 atom stereocenters. The first-order valence-electron chi connectivity index (χ1n) is 11.1. The molecule has 0 saturated carbocycles. The lowest BCUT2D eigenvalue weighted by molar-refractivity contribution is 0.115. The van der Waals surface area contributed by atoms with Crippen molar-refractivity contribution in [3.05, 3.63) is 89.2 Å². The van der Waals surface area contributed by atoms with Gasteiger partial charge in [0.05, 0.1) is 0 Å². The van der Waals surface area contributed by atoms with Gasteiger partial charge in [-0.25, -0.2) is 9.18 Å². The Bertz CT molecular complexity index is 1140. The molecule has 2 saturated heterocycles. The molecule has 2 heterocycles. The predicted molar refractivity (Wildman–Crippen MR) is 127 cm³/mol. The number of benzene rings is 3. The van der Waals surface area contributed by atoms with E-state index in [0.29, 0.717) is 29.8 Å². The summed E-state index contributed by atoms with van der Waals surface area (Å²) < 4.78 is 18.7. The van der Waals surface area contributed by atoms with Crippen molar-refractivity contribution in [1.29, 1.82) is 0 Å². The lowest BCUT2D eigenvalue weighted by atomic mass is 10.1. The molecular formula is C26H25ClFN3O2. The molecule has 0 aliphatic carbocycles. The summed E-state index contributed by atoms with van der Waals surface area (Å²) in [5, 5.41) is 3.78. The smallest absolute Gasteiger partial charge is 0.322 e. The van der Waals surface area contributed by atoms with Crippen molar-refractivity contribution in [2.45, 2.75) is 31.5 Å². The number of urea groups is 1. The van der Waals surface area contributed by atoms with Crippen LogP contribution in [0.15, 0.2) is 72.8 Å². The van der Waals surface area contributed by atoms with Gasteiger partial charge >= 0.3 is 6.03 Å². The fraction of sp³-hybridized carbons (Fsp3) is 0.269. The molecule has 0 aromatic heterocycles. The van der Waals surface area contributed by atoms with Gasteiger partial charge in [-0.05, 0) is 73.5 Å². The van der Waals surface area contributed by atoms with Crippen molar-refractivity contribution in [1.82, 2.24) is 9.80 Å². The molecule has 2 fully saturated rings. The molecule has 2 bridgehead atoms. The number of likely N-dealkylation sites (tertiary alicyclic amines) is 2. The number of hydrogen-bond acceptors (Lipinski definition) is 3. The van der Waals surface area contributed by atoms with Crippen LogP contribution in [0.4, 0.5) is 14.9 Å². The number of amides is 2. The van der Waals surface area contributed by atoms with Gasteiger partial charge < -0.3 is 15.0 Å². The first kappa shape index (κ1) is 21.7. The van der Waals surface area contributed by atoms with E-state index in [1.165, 1.54) is 12.1 Å². The highest BCUT2D eigenvalue weighted by atomic mass is 35.5. The van der Waals surface area contributed by atoms with Crippen molar-refractivity contribution in [2.24, 2.45) is 0 Å². The number of rotatable bonds is 5. The lowest BCUT2D eigenvalue weighted by Crippen LogP contribution is -2.50. The minimum absolute atomic E-state index is 0.0836. The number of nitrogens with one attached hydrogen (secondary N) is 1. The van der Waals surface area contributed by atoms with Crippen LogP contribution in [0, 0.1) is 5.82 Å². The molecule has 3 aromatic rings. The molecule has 0 radical (unpaired) electrons. The Hall–Kier alpha value is -3.09. The Labute approximate surface area is 197 Å². The van der Waals surface area contributed by atoms with Crippen LogP contribution in [0.25, 0.3) is 0 Å². The highest BCUT2D eigenvalue weighted by molar-refractivity contribution is 6.31. The molecule has 5 nitrogen and oxygen atoms in total. The quantitative estimate of drug-likeness (QED) is 0.479. The Morgan fingerprint density at radius 2 is 1.67 bits per heavy atom. The summed E-state index contributed by atoms with van der Waals surface area (Å²) in [5.74, 6) is 0.860. The summed E-state index contributed by atoms with van der Waals surface area (Å²) in [6.07, 6.45) is 0.979. The van der Waals surface area contributed by atoms with Crippen LogP contribution in [0.3, 0.4) is 0 Å². The van der Waals surface area contributed by atoms with E-state index < -0.39 is 0 Å². The lowest BCUT2D eigenvalue weighted by Gasteiger charge is -2.38. The van der Waals surface area contributed by atoms with Gasteiger partial charge in [0.1, 0.15) is 17.3 Å². The summed E-state index contributed by atoms with van der Waals surface area (Å²) in [7, 11) is 0. The second-order valence-electron chi connectivity index (χ2n) is 8.60. The van der Waals surface area contributed by atoms with E-state index in [1.54, 1.807) is 36.4 Å². The number of carbonyl (C=O) groups is 1. The maximum atomic E-state index is 13.0. The van der Waals surface area contributed by atoms with Gasteiger partial charge in [0, 0.05) is 41.9 Å². The zero-order valence-electron chi connectivity index (χ0n) is 18.2. The highest BCUT2D eigenvalue weighted by Crippen LogP contribution is 2.38. The van der Waals surface area contributed by atoms with E-state index in [1.807, 2.05) is 23.1 Å². The van der Waals surface area contributed by atoms with Gasteiger partial charge in [-0.1, -0.05) is 29.8 Å². The largest absolute Gasteiger partial charge is 0.457 e. The summed E-state index contributed by atoms with van der Waals surface area (Å²) in [4.78, 5) is 17.3. The Morgan fingerprint density at radius 3 is 2.30 bits per heavy atom. The molecule has 2 amide bonds. The number of fused-ring (bicyclic) bond motifs is 2. The van der Waals surface area contributed by atoms with Crippen molar-refractivity contribution in [3.8, 4) is 11.5 Å². The summed E-state index contributed by atoms with van der Waals surface area (Å²) in [6.45, 7) is 3.73. The summed E-state index contributed by atoms with van der Waals surface area (Å²) in [5.41, 5.74) is 1.83. The Balaban J connectivity index is 1.17. The second-order valence-corrected chi connectivity index (χ2v) is 9.01. The Morgan fingerprint density at radius 1 is 1.00 bits per heavy atom. The van der Waals surface area contributed by atoms with Gasteiger partial charge in [0.25, 0.3) is 0 Å². The molecule has 0 spiro atoms. The van der Waals surface area contributed by atoms with Crippen molar-refractivity contribution < 1.29 is 13.9 Å². The molecule has 7 heteroatoms. The van der Waals surface area contributed by atoms with Crippen LogP contribution >= 0.6 is 11.6 Å². The summed E-state index contributed by atoms with van der Waals surface area (Å²) in [6, 6.07) is 21.6. The third-order valence-electron chi connectivity index (χ3n) is 6.55. The van der Waals surface area contributed by atoms with Crippen molar-refractivity contribution >= 4 is 23.3 Å². The number of ether oxygens (including phenoxy) is 1. The van der Waals surface area contributed by atoms with Gasteiger partial charge in [-0.15, -0.1) is 0 Å². The summed E-state index contributed by atoms with van der Waals surface area (Å²) >= 11 is 6.41. The zero-order chi connectivity index (χ0) is 22.9. The molecule has 2 aliphatic heterocycles. The van der Waals surface area contributed by atoms with E-state index in [2.05, 4.69) is 23.2 Å². The third kappa shape index (κ3) is 4.54. The van der Waals surface area contributed by atoms with Crippen LogP contribution in [0.2, 0.25) is 5.02 Å². The number of carbonyl (C=O) groups excluding carboxylic acids is 1. The molecule has 170 valence electrons. The standard InChI is InChI=1S/C26H25ClFN3O2/c1-17(24-4-2-3-5-25(24)27)30-15-21-14-20(30)16-31(21)26(32)29-19-8-12-23(13-9-19)33-22-10-6-18(28)7-11-22/h2-13,17,20-21H,14-16H2,1H3,(H,29,32). The van der Waals surface area contributed by atoms with Crippen molar-refractivity contribution in [3.63, 3.8) is 0 Å². The number of hydrogen-bond donors (Lipinski definition) is 1. The van der Waals surface area contributed by atoms with E-state index >= 15 is 0 Å². The average molecular weight is 466 g/mol. The number of nitrogens with zero attached hydrogens (tertiary/aromatic N) is 2. The van der Waals surface area contributed by atoms with Crippen LogP contribution in [0.1, 0.15) is 24.9 Å². The van der Waals surface area contributed by atoms with Gasteiger partial charge in [-0.3, -0.25) is 4.90 Å². The molecule has 2 aliphatic rings. The molecule has 5 rings (SSSR count). The van der Waals surface area contributed by atoms with E-state index in [4.69, 9.17) is 16.3 Å². The SMILES string of the molecule is CC(c1ccccc1Cl)N1CC2CC1CN2C(=O)Nc1ccc(Oc2ccc(F)cc2)cc1. The average Bonchev–Trinajstić information content (AvgIpc) is 3.43.